The first-order valence-electron chi connectivity index (χ1n) is 9.55. The van der Waals surface area contributed by atoms with Crippen molar-refractivity contribution in [2.24, 2.45) is 0 Å². The van der Waals surface area contributed by atoms with E-state index in [0.29, 0.717) is 40.1 Å². The quantitative estimate of drug-likeness (QED) is 0.719. The highest BCUT2D eigenvalue weighted by atomic mass is 19.1. The van der Waals surface area contributed by atoms with Gasteiger partial charge in [-0.05, 0) is 31.4 Å². The summed E-state index contributed by atoms with van der Waals surface area (Å²) in [5.74, 6) is 1.13. The number of rotatable bonds is 3. The molecule has 2 aliphatic heterocycles. The third-order valence-corrected chi connectivity index (χ3v) is 5.97. The van der Waals surface area contributed by atoms with Crippen LogP contribution in [0.3, 0.4) is 0 Å². The summed E-state index contributed by atoms with van der Waals surface area (Å²) in [7, 11) is 1.87. The van der Waals surface area contributed by atoms with E-state index < -0.39 is 6.17 Å². The van der Waals surface area contributed by atoms with Crippen molar-refractivity contribution in [2.75, 3.05) is 11.9 Å². The van der Waals surface area contributed by atoms with Crippen LogP contribution in [0.4, 0.5) is 10.2 Å². The van der Waals surface area contributed by atoms with Gasteiger partial charge in [0.25, 0.3) is 0 Å². The van der Waals surface area contributed by atoms with E-state index in [9.17, 15) is 9.50 Å². The molecule has 7 nitrogen and oxygen atoms in total. The SMILES string of the molecule is Cc1nc2c(O)c(-c3cnc(N(C)[C@H]4CC5CCC(N5)[C@H]4F)cn3)ccc2o1. The van der Waals surface area contributed by atoms with Gasteiger partial charge in [-0.2, -0.15) is 0 Å². The Labute approximate surface area is 161 Å². The molecule has 3 aromatic rings. The minimum absolute atomic E-state index is 0.0171. The molecule has 2 aliphatic rings. The zero-order valence-corrected chi connectivity index (χ0v) is 15.8. The van der Waals surface area contributed by atoms with Crippen LogP contribution in [0.15, 0.2) is 28.9 Å². The minimum atomic E-state index is -0.924. The second-order valence-electron chi connectivity index (χ2n) is 7.71. The Kier molecular flexibility index (Phi) is 3.97. The fourth-order valence-electron chi connectivity index (χ4n) is 4.46. The van der Waals surface area contributed by atoms with Crippen LogP contribution >= 0.6 is 0 Å². The van der Waals surface area contributed by atoms with Gasteiger partial charge in [0.15, 0.2) is 22.7 Å². The summed E-state index contributed by atoms with van der Waals surface area (Å²) in [6, 6.07) is 3.60. The normalized spacial score (nSPS) is 26.7. The Bertz CT molecular complexity index is 1020. The smallest absolute Gasteiger partial charge is 0.192 e. The molecule has 0 aliphatic carbocycles. The number of phenols is 1. The van der Waals surface area contributed by atoms with Gasteiger partial charge in [-0.3, -0.25) is 4.98 Å². The van der Waals surface area contributed by atoms with Crippen molar-refractivity contribution in [1.82, 2.24) is 20.3 Å². The van der Waals surface area contributed by atoms with Gasteiger partial charge in [0.2, 0.25) is 0 Å². The molecule has 146 valence electrons. The van der Waals surface area contributed by atoms with E-state index in [0.717, 1.165) is 19.3 Å². The molecule has 2 fully saturated rings. The Morgan fingerprint density at radius 3 is 2.89 bits per heavy atom. The fraction of sp³-hybridized carbons (Fsp3) is 0.450. The number of phenolic OH excluding ortho intramolecular Hbond substituents is 1. The molecular weight excluding hydrogens is 361 g/mol. The summed E-state index contributed by atoms with van der Waals surface area (Å²) in [5.41, 5.74) is 1.99. The molecule has 5 rings (SSSR count). The number of halogens is 1. The van der Waals surface area contributed by atoms with E-state index in [1.54, 1.807) is 31.5 Å². The highest BCUT2D eigenvalue weighted by molar-refractivity contribution is 5.88. The monoisotopic (exact) mass is 383 g/mol. The molecule has 2 unspecified atom stereocenters. The van der Waals surface area contributed by atoms with Gasteiger partial charge in [0, 0.05) is 31.6 Å². The van der Waals surface area contributed by atoms with Crippen LogP contribution < -0.4 is 10.2 Å². The molecule has 4 heterocycles. The summed E-state index contributed by atoms with van der Waals surface area (Å²) in [6.07, 6.45) is 4.99. The van der Waals surface area contributed by atoms with E-state index in [-0.39, 0.29) is 17.8 Å². The Balaban J connectivity index is 1.42. The molecule has 0 radical (unpaired) electrons. The van der Waals surface area contributed by atoms with Crippen molar-refractivity contribution >= 4 is 16.9 Å². The predicted octanol–water partition coefficient (Wildman–Crippen LogP) is 2.97. The number of aromatic nitrogens is 3. The van der Waals surface area contributed by atoms with E-state index >= 15 is 0 Å². The second kappa shape index (κ2) is 6.41. The number of hydrogen-bond acceptors (Lipinski definition) is 7. The summed E-state index contributed by atoms with van der Waals surface area (Å²) in [4.78, 5) is 15.0. The van der Waals surface area contributed by atoms with Gasteiger partial charge in [-0.25, -0.2) is 14.4 Å². The molecule has 2 N–H and O–H groups in total. The summed E-state index contributed by atoms with van der Waals surface area (Å²) in [5, 5.41) is 13.9. The maximum Gasteiger partial charge on any atom is 0.192 e. The summed E-state index contributed by atoms with van der Waals surface area (Å²) in [6.45, 7) is 1.73. The van der Waals surface area contributed by atoms with Crippen LogP contribution in [0, 0.1) is 6.92 Å². The zero-order chi connectivity index (χ0) is 19.4. The number of aromatic hydroxyl groups is 1. The number of hydrogen-bond donors (Lipinski definition) is 2. The standard InChI is InChI=1S/C20H22FN5O2/c1-10-24-19-16(28-10)6-4-12(20(19)27)14-8-23-17(9-22-14)26(2)15-7-11-3-5-13(25-11)18(15)21/h4,6,8-9,11,13,15,18,25,27H,3,5,7H2,1-2H3/t11?,13?,15-,18+/m0/s1. The molecule has 0 spiro atoms. The number of benzene rings is 1. The lowest BCUT2D eigenvalue weighted by molar-refractivity contribution is 0.176. The van der Waals surface area contributed by atoms with Crippen LogP contribution in [-0.2, 0) is 0 Å². The van der Waals surface area contributed by atoms with Crippen LogP contribution in [0.5, 0.6) is 5.75 Å². The molecule has 2 saturated heterocycles. The van der Waals surface area contributed by atoms with Gasteiger partial charge in [0.05, 0.1) is 24.1 Å². The van der Waals surface area contributed by atoms with E-state index in [4.69, 9.17) is 4.42 Å². The molecule has 28 heavy (non-hydrogen) atoms. The van der Waals surface area contributed by atoms with Crippen molar-refractivity contribution < 1.29 is 13.9 Å². The first-order chi connectivity index (χ1) is 13.5. The van der Waals surface area contributed by atoms with Gasteiger partial charge in [-0.1, -0.05) is 0 Å². The van der Waals surface area contributed by atoms with E-state index in [2.05, 4.69) is 20.3 Å². The molecule has 2 aromatic heterocycles. The van der Waals surface area contributed by atoms with Gasteiger partial charge in [-0.15, -0.1) is 0 Å². The maximum atomic E-state index is 14.8. The summed E-state index contributed by atoms with van der Waals surface area (Å²) < 4.78 is 20.3. The summed E-state index contributed by atoms with van der Waals surface area (Å²) >= 11 is 0. The number of anilines is 1. The second-order valence-corrected chi connectivity index (χ2v) is 7.71. The molecule has 2 bridgehead atoms. The topological polar surface area (TPSA) is 87.3 Å². The van der Waals surface area contributed by atoms with Gasteiger partial charge < -0.3 is 19.7 Å². The third-order valence-electron chi connectivity index (χ3n) is 5.97. The Morgan fingerprint density at radius 2 is 2.11 bits per heavy atom. The van der Waals surface area contributed by atoms with E-state index in [1.165, 1.54) is 0 Å². The van der Waals surface area contributed by atoms with E-state index in [1.807, 2.05) is 11.9 Å². The van der Waals surface area contributed by atoms with Gasteiger partial charge >= 0.3 is 0 Å². The van der Waals surface area contributed by atoms with Crippen LogP contribution in [0.2, 0.25) is 0 Å². The van der Waals surface area contributed by atoms with Crippen molar-refractivity contribution in [3.05, 3.63) is 30.4 Å². The lowest BCUT2D eigenvalue weighted by atomic mass is 9.96. The third kappa shape index (κ3) is 2.71. The first kappa shape index (κ1) is 17.4. The fourth-order valence-corrected chi connectivity index (χ4v) is 4.46. The highest BCUT2D eigenvalue weighted by Gasteiger charge is 2.43. The highest BCUT2D eigenvalue weighted by Crippen LogP contribution is 2.36. The number of alkyl halides is 1. The minimum Gasteiger partial charge on any atom is -0.505 e. The average Bonchev–Trinajstić information content (AvgIpc) is 3.28. The van der Waals surface area contributed by atoms with Crippen molar-refractivity contribution in [3.63, 3.8) is 0 Å². The maximum absolute atomic E-state index is 14.8. The number of nitrogens with zero attached hydrogens (tertiary/aromatic N) is 4. The largest absolute Gasteiger partial charge is 0.505 e. The zero-order valence-electron chi connectivity index (χ0n) is 15.8. The number of aryl methyl sites for hydroxylation is 1. The van der Waals surface area contributed by atoms with Crippen LogP contribution in [-0.4, -0.2) is 51.4 Å². The van der Waals surface area contributed by atoms with Gasteiger partial charge in [0.1, 0.15) is 12.0 Å². The van der Waals surface area contributed by atoms with Crippen molar-refractivity contribution in [3.8, 4) is 17.0 Å². The predicted molar refractivity (Wildman–Crippen MR) is 103 cm³/mol. The number of oxazole rings is 1. The molecular formula is C20H22FN5O2. The lowest BCUT2D eigenvalue weighted by Crippen LogP contribution is -2.55. The Hall–Kier alpha value is -2.74. The number of nitrogens with one attached hydrogen (secondary N) is 1. The molecule has 4 atom stereocenters. The average molecular weight is 383 g/mol. The lowest BCUT2D eigenvalue weighted by Gasteiger charge is -2.38. The van der Waals surface area contributed by atoms with Crippen LogP contribution in [0.1, 0.15) is 25.2 Å². The van der Waals surface area contributed by atoms with Crippen LogP contribution in [0.25, 0.3) is 22.4 Å². The molecule has 0 saturated carbocycles. The molecule has 0 amide bonds. The molecule has 1 aromatic carbocycles. The van der Waals surface area contributed by atoms with Crippen molar-refractivity contribution in [2.45, 2.75) is 50.5 Å². The van der Waals surface area contributed by atoms with Crippen molar-refractivity contribution in [1.29, 1.82) is 0 Å². The molecule has 8 heteroatoms. The Morgan fingerprint density at radius 1 is 1.25 bits per heavy atom. The first-order valence-corrected chi connectivity index (χ1v) is 9.55. The number of fused-ring (bicyclic) bond motifs is 3. The number of piperidine rings is 1.